The standard InChI is InChI=1S/C19H28N4O4S/c1-19(4-5-19)18(25)23-7-3-14(13-23)9-15-10-16(12-21-11-15)17(24)22-6-8-28(26,27)20-2/h10-12,14,20H,3-9,13H2,1-2H3,(H,22,24). The molecule has 1 atom stereocenters. The Hall–Kier alpha value is -2.00. The summed E-state index contributed by atoms with van der Waals surface area (Å²) in [4.78, 5) is 30.9. The zero-order chi connectivity index (χ0) is 20.4. The fourth-order valence-electron chi connectivity index (χ4n) is 3.53. The maximum atomic E-state index is 12.5. The average Bonchev–Trinajstić information content (AvgIpc) is 3.26. The van der Waals surface area contributed by atoms with E-state index in [9.17, 15) is 18.0 Å². The normalized spacial score (nSPS) is 20.8. The summed E-state index contributed by atoms with van der Waals surface area (Å²) in [6.45, 7) is 3.63. The second kappa shape index (κ2) is 8.16. The molecule has 9 heteroatoms. The minimum Gasteiger partial charge on any atom is -0.351 e. The first-order valence-electron chi connectivity index (χ1n) is 9.65. The summed E-state index contributed by atoms with van der Waals surface area (Å²) in [5, 5.41) is 2.60. The summed E-state index contributed by atoms with van der Waals surface area (Å²) in [6.07, 6.45) is 6.93. The zero-order valence-corrected chi connectivity index (χ0v) is 17.2. The molecule has 0 bridgehead atoms. The van der Waals surface area contributed by atoms with Crippen molar-refractivity contribution in [2.75, 3.05) is 32.4 Å². The Kier molecular flexibility index (Phi) is 6.04. The molecule has 0 radical (unpaired) electrons. The summed E-state index contributed by atoms with van der Waals surface area (Å²) in [5.74, 6) is 0.128. The molecule has 1 unspecified atom stereocenters. The number of carbonyl (C=O) groups is 2. The van der Waals surface area contributed by atoms with Crippen LogP contribution < -0.4 is 10.0 Å². The fourth-order valence-corrected chi connectivity index (χ4v) is 4.10. The van der Waals surface area contributed by atoms with Crippen LogP contribution in [0.1, 0.15) is 42.1 Å². The molecule has 2 aliphatic rings. The summed E-state index contributed by atoms with van der Waals surface area (Å²) in [5.41, 5.74) is 1.23. The summed E-state index contributed by atoms with van der Waals surface area (Å²) >= 11 is 0. The lowest BCUT2D eigenvalue weighted by Gasteiger charge is -2.20. The molecule has 1 aliphatic carbocycles. The van der Waals surface area contributed by atoms with Crippen LogP contribution in [0.4, 0.5) is 0 Å². The number of sulfonamides is 1. The van der Waals surface area contributed by atoms with Crippen molar-refractivity contribution in [1.29, 1.82) is 0 Å². The van der Waals surface area contributed by atoms with Gasteiger partial charge in [-0.1, -0.05) is 6.92 Å². The number of hydrogen-bond donors (Lipinski definition) is 2. The van der Waals surface area contributed by atoms with Gasteiger partial charge in [-0.05, 0) is 50.3 Å². The lowest BCUT2D eigenvalue weighted by Crippen LogP contribution is -2.34. The first-order valence-corrected chi connectivity index (χ1v) is 11.3. The summed E-state index contributed by atoms with van der Waals surface area (Å²) in [7, 11) is -2.01. The van der Waals surface area contributed by atoms with Crippen molar-refractivity contribution < 1.29 is 18.0 Å². The topological polar surface area (TPSA) is 108 Å². The average molecular weight is 409 g/mol. The molecule has 1 aromatic rings. The largest absolute Gasteiger partial charge is 0.351 e. The molecular formula is C19H28N4O4S. The van der Waals surface area contributed by atoms with Crippen molar-refractivity contribution >= 4 is 21.8 Å². The van der Waals surface area contributed by atoms with Gasteiger partial charge in [-0.2, -0.15) is 0 Å². The Bertz CT molecular complexity index is 851. The molecule has 154 valence electrons. The van der Waals surface area contributed by atoms with E-state index in [2.05, 4.69) is 15.0 Å². The van der Waals surface area contributed by atoms with Gasteiger partial charge in [0.15, 0.2) is 0 Å². The van der Waals surface area contributed by atoms with Crippen LogP contribution in [0.3, 0.4) is 0 Å². The van der Waals surface area contributed by atoms with Gasteiger partial charge >= 0.3 is 0 Å². The quantitative estimate of drug-likeness (QED) is 0.653. The second-order valence-electron chi connectivity index (χ2n) is 8.03. The predicted octanol–water partition coefficient (Wildman–Crippen LogP) is 0.552. The lowest BCUT2D eigenvalue weighted by atomic mass is 9.99. The van der Waals surface area contributed by atoms with Crippen molar-refractivity contribution in [3.63, 3.8) is 0 Å². The number of aromatic nitrogens is 1. The lowest BCUT2D eigenvalue weighted by molar-refractivity contribution is -0.135. The van der Waals surface area contributed by atoms with Crippen LogP contribution in [0, 0.1) is 11.3 Å². The van der Waals surface area contributed by atoms with E-state index < -0.39 is 10.0 Å². The third kappa shape index (κ3) is 5.08. The second-order valence-corrected chi connectivity index (χ2v) is 10.1. The fraction of sp³-hybridized carbons (Fsp3) is 0.632. The van der Waals surface area contributed by atoms with E-state index in [4.69, 9.17) is 0 Å². The van der Waals surface area contributed by atoms with E-state index in [0.29, 0.717) is 11.5 Å². The van der Waals surface area contributed by atoms with Crippen molar-refractivity contribution in [3.05, 3.63) is 29.6 Å². The molecule has 2 fully saturated rings. The van der Waals surface area contributed by atoms with E-state index in [-0.39, 0.29) is 29.5 Å². The minimum atomic E-state index is -3.35. The molecule has 1 saturated heterocycles. The van der Waals surface area contributed by atoms with Crippen molar-refractivity contribution in [2.24, 2.45) is 11.3 Å². The third-order valence-electron chi connectivity index (χ3n) is 5.64. The molecule has 28 heavy (non-hydrogen) atoms. The van der Waals surface area contributed by atoms with Crippen LogP contribution in [-0.2, 0) is 21.2 Å². The highest BCUT2D eigenvalue weighted by molar-refractivity contribution is 7.89. The van der Waals surface area contributed by atoms with Crippen LogP contribution in [0.25, 0.3) is 0 Å². The molecule has 0 aromatic carbocycles. The Balaban J connectivity index is 1.52. The van der Waals surface area contributed by atoms with E-state index in [0.717, 1.165) is 44.3 Å². The van der Waals surface area contributed by atoms with Crippen LogP contribution in [0.5, 0.6) is 0 Å². The molecule has 2 heterocycles. The number of rotatable bonds is 8. The SMILES string of the molecule is CNS(=O)(=O)CCNC(=O)c1cncc(CC2CCN(C(=O)C3(C)CC3)C2)c1. The number of amides is 2. The van der Waals surface area contributed by atoms with Gasteiger partial charge < -0.3 is 10.2 Å². The first kappa shape index (κ1) is 20.7. The predicted molar refractivity (Wildman–Crippen MR) is 105 cm³/mol. The van der Waals surface area contributed by atoms with Crippen LogP contribution in [0.2, 0.25) is 0 Å². The molecule has 1 aliphatic heterocycles. The summed E-state index contributed by atoms with van der Waals surface area (Å²) < 4.78 is 25.0. The zero-order valence-electron chi connectivity index (χ0n) is 16.4. The van der Waals surface area contributed by atoms with Gasteiger partial charge in [0.1, 0.15) is 0 Å². The number of carbonyl (C=O) groups excluding carboxylic acids is 2. The molecule has 8 nitrogen and oxygen atoms in total. The monoisotopic (exact) mass is 408 g/mol. The van der Waals surface area contributed by atoms with Crippen molar-refractivity contribution in [3.8, 4) is 0 Å². The van der Waals surface area contributed by atoms with Crippen molar-refractivity contribution in [2.45, 2.75) is 32.6 Å². The van der Waals surface area contributed by atoms with Gasteiger partial charge in [-0.15, -0.1) is 0 Å². The highest BCUT2D eigenvalue weighted by Crippen LogP contribution is 2.47. The van der Waals surface area contributed by atoms with Gasteiger partial charge in [0.2, 0.25) is 15.9 Å². The molecule has 1 saturated carbocycles. The van der Waals surface area contributed by atoms with Gasteiger partial charge in [-0.3, -0.25) is 14.6 Å². The first-order chi connectivity index (χ1) is 13.2. The van der Waals surface area contributed by atoms with Crippen LogP contribution in [-0.4, -0.2) is 62.6 Å². The highest BCUT2D eigenvalue weighted by atomic mass is 32.2. The molecule has 3 rings (SSSR count). The number of hydrogen-bond acceptors (Lipinski definition) is 5. The minimum absolute atomic E-state index is 0.0324. The molecule has 2 N–H and O–H groups in total. The highest BCUT2D eigenvalue weighted by Gasteiger charge is 2.48. The number of pyridine rings is 1. The van der Waals surface area contributed by atoms with Gasteiger partial charge in [0.25, 0.3) is 5.91 Å². The van der Waals surface area contributed by atoms with E-state index >= 15 is 0 Å². The molecular weight excluding hydrogens is 380 g/mol. The van der Waals surface area contributed by atoms with Gasteiger partial charge in [0.05, 0.1) is 11.3 Å². The number of likely N-dealkylation sites (tertiary alicyclic amines) is 1. The van der Waals surface area contributed by atoms with Crippen LogP contribution >= 0.6 is 0 Å². The Morgan fingerprint density at radius 3 is 2.75 bits per heavy atom. The maximum absolute atomic E-state index is 12.5. The van der Waals surface area contributed by atoms with Gasteiger partial charge in [0, 0.05) is 37.4 Å². The molecule has 1 aromatic heterocycles. The Morgan fingerprint density at radius 1 is 1.32 bits per heavy atom. The van der Waals surface area contributed by atoms with E-state index in [1.54, 1.807) is 12.3 Å². The van der Waals surface area contributed by atoms with E-state index in [1.165, 1.54) is 13.2 Å². The van der Waals surface area contributed by atoms with Crippen LogP contribution in [0.15, 0.2) is 18.5 Å². The molecule has 2 amide bonds. The third-order valence-corrected chi connectivity index (χ3v) is 7.00. The Labute approximate surface area is 166 Å². The van der Waals surface area contributed by atoms with Gasteiger partial charge in [-0.25, -0.2) is 13.1 Å². The molecule has 0 spiro atoms. The Morgan fingerprint density at radius 2 is 2.07 bits per heavy atom. The number of nitrogens with zero attached hydrogens (tertiary/aromatic N) is 2. The van der Waals surface area contributed by atoms with Crippen molar-refractivity contribution in [1.82, 2.24) is 19.9 Å². The number of nitrogens with one attached hydrogen (secondary N) is 2. The summed E-state index contributed by atoms with van der Waals surface area (Å²) in [6, 6.07) is 1.79. The van der Waals surface area contributed by atoms with E-state index in [1.807, 2.05) is 11.8 Å². The maximum Gasteiger partial charge on any atom is 0.252 e. The smallest absolute Gasteiger partial charge is 0.252 e.